The van der Waals surface area contributed by atoms with E-state index in [0.29, 0.717) is 31.0 Å². The summed E-state index contributed by atoms with van der Waals surface area (Å²) in [5.41, 5.74) is 4.01. The zero-order valence-electron chi connectivity index (χ0n) is 26.3. The van der Waals surface area contributed by atoms with Crippen molar-refractivity contribution < 1.29 is 27.5 Å². The molecule has 0 bridgehead atoms. The topological polar surface area (TPSA) is 114 Å². The van der Waals surface area contributed by atoms with E-state index in [4.69, 9.17) is 14.3 Å². The second kappa shape index (κ2) is 14.5. The monoisotopic (exact) mass is 626 g/mol. The number of rotatable bonds is 15. The van der Waals surface area contributed by atoms with Crippen molar-refractivity contribution in [2.45, 2.75) is 77.4 Å². The molecule has 0 amide bonds. The minimum Gasteiger partial charge on any atom is -0.487 e. The molecule has 3 aromatic carbocycles. The van der Waals surface area contributed by atoms with E-state index in [1.807, 2.05) is 60.7 Å². The van der Waals surface area contributed by atoms with Crippen molar-refractivity contribution in [3.8, 4) is 5.75 Å². The van der Waals surface area contributed by atoms with Crippen LogP contribution in [0, 0.1) is 0 Å². The van der Waals surface area contributed by atoms with Crippen LogP contribution >= 0.6 is 0 Å². The Kier molecular flexibility index (Phi) is 11.6. The number of ether oxygens (including phenoxy) is 1. The lowest BCUT2D eigenvalue weighted by molar-refractivity contribution is -0.136. The first-order valence-corrected chi connectivity index (χ1v) is 19.3. The lowest BCUT2D eigenvalue weighted by atomic mass is 10.0. The van der Waals surface area contributed by atoms with E-state index in [2.05, 4.69) is 50.8 Å². The summed E-state index contributed by atoms with van der Waals surface area (Å²) in [6, 6.07) is 23.0. The predicted octanol–water partition coefficient (Wildman–Crippen LogP) is 6.55. The molecule has 2 atom stereocenters. The molecule has 0 spiro atoms. The Hall–Kier alpha value is -3.18. The van der Waals surface area contributed by atoms with E-state index < -0.39 is 24.3 Å². The van der Waals surface area contributed by atoms with E-state index in [1.54, 1.807) is 12.1 Å². The Labute approximate surface area is 258 Å². The predicted molar refractivity (Wildman–Crippen MR) is 176 cm³/mol. The zero-order valence-corrected chi connectivity index (χ0v) is 28.1. The number of carbonyl (C=O) groups is 1. The Balaban J connectivity index is 1.86. The molecule has 0 unspecified atom stereocenters. The number of benzene rings is 3. The van der Waals surface area contributed by atoms with Gasteiger partial charge in [0.1, 0.15) is 12.4 Å². The Bertz CT molecular complexity index is 1470. The van der Waals surface area contributed by atoms with Gasteiger partial charge in [0.2, 0.25) is 10.0 Å². The Morgan fingerprint density at radius 1 is 0.953 bits per heavy atom. The first kappa shape index (κ1) is 34.3. The van der Waals surface area contributed by atoms with Crippen LogP contribution in [0.15, 0.2) is 72.8 Å². The molecule has 0 aliphatic heterocycles. The van der Waals surface area contributed by atoms with Gasteiger partial charge in [-0.25, -0.2) is 8.42 Å². The summed E-state index contributed by atoms with van der Waals surface area (Å²) < 4.78 is 40.2. The van der Waals surface area contributed by atoms with E-state index in [-0.39, 0.29) is 23.6 Å². The van der Waals surface area contributed by atoms with Gasteiger partial charge in [-0.15, -0.1) is 0 Å². The molecule has 234 valence electrons. The third kappa shape index (κ3) is 11.1. The fourth-order valence-corrected chi connectivity index (χ4v) is 6.27. The summed E-state index contributed by atoms with van der Waals surface area (Å²) in [6.07, 6.45) is 1.49. The molecule has 0 radical (unpaired) electrons. The molecule has 0 fully saturated rings. The summed E-state index contributed by atoms with van der Waals surface area (Å²) in [5, 5.41) is 12.7. The average Bonchev–Trinajstić information content (AvgIpc) is 2.89. The number of carboxylic acid groups (broad SMARTS) is 1. The maximum atomic E-state index is 12.3. The first-order chi connectivity index (χ1) is 20.0. The van der Waals surface area contributed by atoms with Crippen molar-refractivity contribution >= 4 is 30.0 Å². The lowest BCUT2D eigenvalue weighted by Gasteiger charge is -2.40. The Morgan fingerprint density at radius 3 is 2.23 bits per heavy atom. The van der Waals surface area contributed by atoms with E-state index in [1.165, 1.54) is 0 Å². The molecule has 3 aromatic rings. The van der Waals surface area contributed by atoms with Crippen LogP contribution in [0.3, 0.4) is 0 Å². The van der Waals surface area contributed by atoms with Gasteiger partial charge in [0, 0.05) is 12.6 Å². The molecule has 0 heterocycles. The highest BCUT2D eigenvalue weighted by atomic mass is 32.2. The van der Waals surface area contributed by atoms with Gasteiger partial charge in [-0.2, -0.15) is 0 Å². The first-order valence-electron chi connectivity index (χ1n) is 14.5. The normalized spacial score (nSPS) is 13.7. The molecule has 8 nitrogen and oxygen atoms in total. The van der Waals surface area contributed by atoms with Crippen LogP contribution in [0.4, 0.5) is 5.69 Å². The largest absolute Gasteiger partial charge is 0.487 e. The van der Waals surface area contributed by atoms with Crippen molar-refractivity contribution in [1.29, 1.82) is 0 Å². The van der Waals surface area contributed by atoms with Crippen molar-refractivity contribution in [1.82, 2.24) is 5.32 Å². The number of hydrogen-bond donors (Lipinski definition) is 3. The van der Waals surface area contributed by atoms with Crippen LogP contribution in [-0.2, 0) is 38.7 Å². The van der Waals surface area contributed by atoms with Gasteiger partial charge in [0.25, 0.3) is 0 Å². The fraction of sp³-hybridized carbons (Fsp3) is 0.424. The summed E-state index contributed by atoms with van der Waals surface area (Å²) in [7, 11) is -5.79. The minimum absolute atomic E-state index is 0.00696. The van der Waals surface area contributed by atoms with Crippen LogP contribution in [-0.4, -0.2) is 46.7 Å². The fourth-order valence-electron chi connectivity index (χ4n) is 4.42. The number of carboxylic acids is 1. The van der Waals surface area contributed by atoms with Crippen molar-refractivity contribution in [3.05, 3.63) is 95.1 Å². The van der Waals surface area contributed by atoms with Gasteiger partial charge in [-0.1, -0.05) is 81.4 Å². The third-order valence-corrected chi connectivity index (χ3v) is 12.8. The SMILES string of the molecule is C[C@H](Cc1cccc(CC(=O)O)c1)NC[C@@H](O[Si](C)(C)C(C)(C)C)c1ccc(OCc2ccccc2)c(NS(C)(=O)=O)c1. The molecule has 0 aromatic heterocycles. The second-order valence-corrected chi connectivity index (χ2v) is 19.2. The highest BCUT2D eigenvalue weighted by Crippen LogP contribution is 2.40. The quantitative estimate of drug-likeness (QED) is 0.164. The molecule has 10 heteroatoms. The minimum atomic E-state index is -3.57. The van der Waals surface area contributed by atoms with Gasteiger partial charge < -0.3 is 19.6 Å². The number of anilines is 1. The highest BCUT2D eigenvalue weighted by molar-refractivity contribution is 7.92. The third-order valence-electron chi connectivity index (χ3n) is 7.69. The maximum absolute atomic E-state index is 12.3. The molecule has 3 N–H and O–H groups in total. The second-order valence-electron chi connectivity index (χ2n) is 12.7. The summed E-state index contributed by atoms with van der Waals surface area (Å²) >= 11 is 0. The maximum Gasteiger partial charge on any atom is 0.307 e. The number of hydrogen-bond acceptors (Lipinski definition) is 6. The van der Waals surface area contributed by atoms with Crippen molar-refractivity contribution in [2.24, 2.45) is 0 Å². The average molecular weight is 627 g/mol. The molecule has 0 saturated carbocycles. The number of nitrogens with one attached hydrogen (secondary N) is 2. The Morgan fingerprint density at radius 2 is 1.60 bits per heavy atom. The molecule has 3 rings (SSSR count). The van der Waals surface area contributed by atoms with Gasteiger partial charge >= 0.3 is 5.97 Å². The van der Waals surface area contributed by atoms with E-state index >= 15 is 0 Å². The molecule has 0 aliphatic rings. The zero-order chi connectivity index (χ0) is 31.8. The van der Waals surface area contributed by atoms with Crippen LogP contribution < -0.4 is 14.8 Å². The van der Waals surface area contributed by atoms with Crippen molar-refractivity contribution in [2.75, 3.05) is 17.5 Å². The number of aliphatic carboxylic acids is 1. The molecular weight excluding hydrogens is 581 g/mol. The van der Waals surface area contributed by atoms with Gasteiger partial charge in [-0.3, -0.25) is 9.52 Å². The van der Waals surface area contributed by atoms with Gasteiger partial charge in [0.15, 0.2) is 8.32 Å². The lowest BCUT2D eigenvalue weighted by Crippen LogP contribution is -2.44. The summed E-state index contributed by atoms with van der Waals surface area (Å²) in [4.78, 5) is 11.2. The van der Waals surface area contributed by atoms with E-state index in [9.17, 15) is 13.2 Å². The van der Waals surface area contributed by atoms with E-state index in [0.717, 1.165) is 28.5 Å². The van der Waals surface area contributed by atoms with Crippen LogP contribution in [0.1, 0.15) is 56.1 Å². The molecular formula is C33H46N2O6SSi. The highest BCUT2D eigenvalue weighted by Gasteiger charge is 2.39. The summed E-state index contributed by atoms with van der Waals surface area (Å²) in [6.45, 7) is 13.9. The number of sulfonamides is 1. The van der Waals surface area contributed by atoms with Crippen LogP contribution in [0.5, 0.6) is 5.75 Å². The van der Waals surface area contributed by atoms with Gasteiger partial charge in [-0.05, 0) is 65.9 Å². The standard InChI is InChI=1S/C33H46N2O6SSi/c1-24(18-26-14-11-15-27(19-26)20-32(36)37)34-22-31(41-43(6,7)33(2,3)4)28-16-17-30(29(21-28)35-42(5,38)39)40-23-25-12-9-8-10-13-25/h8-17,19,21,24,31,34-35H,18,20,22-23H2,1-7H3,(H,36,37)/t24-,31-/m1/s1. The smallest absolute Gasteiger partial charge is 0.307 e. The molecule has 0 aliphatic carbocycles. The summed E-state index contributed by atoms with van der Waals surface area (Å²) in [5.74, 6) is -0.415. The van der Waals surface area contributed by atoms with Gasteiger partial charge in [0.05, 0.1) is 24.5 Å². The van der Waals surface area contributed by atoms with Crippen molar-refractivity contribution in [3.63, 3.8) is 0 Å². The molecule has 43 heavy (non-hydrogen) atoms. The molecule has 0 saturated heterocycles. The van der Waals surface area contributed by atoms with Crippen LogP contribution in [0.25, 0.3) is 0 Å². The van der Waals surface area contributed by atoms with Crippen LogP contribution in [0.2, 0.25) is 18.1 Å².